The lowest BCUT2D eigenvalue weighted by Gasteiger charge is -2.31. The standard InChI is InChI=1S/C24H31ClN2O2/c1-6-22(24(29)26-16(2)3)27(15-20-9-7-8-10-21(20)25)23(28)14-19-12-11-17(4)18(5)13-19/h7-13,16,22H,6,14-15H2,1-5H3,(H,26,29)/t22-/m1/s1. The van der Waals surface area contributed by atoms with Crippen LogP contribution in [0, 0.1) is 13.8 Å². The average Bonchev–Trinajstić information content (AvgIpc) is 2.65. The Bertz CT molecular complexity index is 864. The van der Waals surface area contributed by atoms with Crippen molar-refractivity contribution in [2.75, 3.05) is 0 Å². The molecule has 156 valence electrons. The van der Waals surface area contributed by atoms with E-state index in [0.717, 1.165) is 16.7 Å². The van der Waals surface area contributed by atoms with Crippen LogP contribution < -0.4 is 5.32 Å². The van der Waals surface area contributed by atoms with E-state index in [0.29, 0.717) is 18.0 Å². The molecule has 0 spiro atoms. The molecule has 2 aromatic rings. The fourth-order valence-electron chi connectivity index (χ4n) is 3.30. The first-order chi connectivity index (χ1) is 13.7. The molecule has 0 fully saturated rings. The summed E-state index contributed by atoms with van der Waals surface area (Å²) < 4.78 is 0. The molecule has 0 saturated heterocycles. The van der Waals surface area contributed by atoms with Gasteiger partial charge in [-0.1, -0.05) is 54.9 Å². The molecule has 1 N–H and O–H groups in total. The normalized spacial score (nSPS) is 12.0. The molecular weight excluding hydrogens is 384 g/mol. The quantitative estimate of drug-likeness (QED) is 0.672. The van der Waals surface area contributed by atoms with Crippen LogP contribution in [0.15, 0.2) is 42.5 Å². The predicted octanol–water partition coefficient (Wildman–Crippen LogP) is 4.83. The van der Waals surface area contributed by atoms with Crippen LogP contribution >= 0.6 is 11.6 Å². The molecule has 0 unspecified atom stereocenters. The Hall–Kier alpha value is -2.33. The van der Waals surface area contributed by atoms with Gasteiger partial charge in [-0.2, -0.15) is 0 Å². The van der Waals surface area contributed by atoms with E-state index < -0.39 is 6.04 Å². The smallest absolute Gasteiger partial charge is 0.243 e. The summed E-state index contributed by atoms with van der Waals surface area (Å²) in [6.07, 6.45) is 0.776. The summed E-state index contributed by atoms with van der Waals surface area (Å²) in [6, 6.07) is 12.9. The Morgan fingerprint density at radius 3 is 2.34 bits per heavy atom. The van der Waals surface area contributed by atoms with Gasteiger partial charge in [-0.15, -0.1) is 0 Å². The third kappa shape index (κ3) is 6.33. The van der Waals surface area contributed by atoms with Crippen molar-refractivity contribution in [3.05, 3.63) is 69.7 Å². The van der Waals surface area contributed by atoms with Crippen LogP contribution in [0.25, 0.3) is 0 Å². The number of nitrogens with zero attached hydrogens (tertiary/aromatic N) is 1. The molecule has 1 atom stereocenters. The summed E-state index contributed by atoms with van der Waals surface area (Å²) in [5.41, 5.74) is 4.12. The van der Waals surface area contributed by atoms with Gasteiger partial charge >= 0.3 is 0 Å². The molecule has 0 heterocycles. The highest BCUT2D eigenvalue weighted by Gasteiger charge is 2.29. The van der Waals surface area contributed by atoms with E-state index in [9.17, 15) is 9.59 Å². The number of aryl methyl sites for hydroxylation is 2. The van der Waals surface area contributed by atoms with Gasteiger partial charge in [0.15, 0.2) is 0 Å². The summed E-state index contributed by atoms with van der Waals surface area (Å²) >= 11 is 6.34. The number of benzene rings is 2. The molecule has 29 heavy (non-hydrogen) atoms. The SMILES string of the molecule is CC[C@H](C(=O)NC(C)C)N(Cc1ccccc1Cl)C(=O)Cc1ccc(C)c(C)c1. The maximum absolute atomic E-state index is 13.3. The molecule has 2 aromatic carbocycles. The van der Waals surface area contributed by atoms with Crippen molar-refractivity contribution in [3.8, 4) is 0 Å². The van der Waals surface area contributed by atoms with Crippen LogP contribution in [0.3, 0.4) is 0 Å². The summed E-state index contributed by atoms with van der Waals surface area (Å²) in [5.74, 6) is -0.220. The molecule has 2 amide bonds. The highest BCUT2D eigenvalue weighted by Crippen LogP contribution is 2.21. The Morgan fingerprint density at radius 2 is 1.76 bits per heavy atom. The van der Waals surface area contributed by atoms with Gasteiger partial charge in [-0.3, -0.25) is 9.59 Å². The molecule has 0 aliphatic heterocycles. The summed E-state index contributed by atoms with van der Waals surface area (Å²) in [6.45, 7) is 10.1. The lowest BCUT2D eigenvalue weighted by Crippen LogP contribution is -2.50. The largest absolute Gasteiger partial charge is 0.352 e. The topological polar surface area (TPSA) is 49.4 Å². The number of amides is 2. The number of nitrogens with one attached hydrogen (secondary N) is 1. The van der Waals surface area contributed by atoms with Gasteiger partial charge in [0.1, 0.15) is 6.04 Å². The van der Waals surface area contributed by atoms with Crippen LogP contribution in [0.1, 0.15) is 49.4 Å². The van der Waals surface area contributed by atoms with E-state index in [1.165, 1.54) is 5.56 Å². The maximum Gasteiger partial charge on any atom is 0.243 e. The highest BCUT2D eigenvalue weighted by molar-refractivity contribution is 6.31. The molecule has 0 saturated carbocycles. The van der Waals surface area contributed by atoms with E-state index in [-0.39, 0.29) is 24.3 Å². The fraction of sp³-hybridized carbons (Fsp3) is 0.417. The zero-order valence-electron chi connectivity index (χ0n) is 18.0. The monoisotopic (exact) mass is 414 g/mol. The van der Waals surface area contributed by atoms with Crippen molar-refractivity contribution >= 4 is 23.4 Å². The molecule has 4 nitrogen and oxygen atoms in total. The third-order valence-corrected chi connectivity index (χ3v) is 5.41. The van der Waals surface area contributed by atoms with Crippen molar-refractivity contribution in [3.63, 3.8) is 0 Å². The van der Waals surface area contributed by atoms with Gasteiger partial charge in [0.05, 0.1) is 6.42 Å². The van der Waals surface area contributed by atoms with Crippen molar-refractivity contribution in [1.82, 2.24) is 10.2 Å². The Kier molecular flexibility index (Phi) is 8.27. The molecule has 0 aliphatic carbocycles. The second-order valence-corrected chi connectivity index (χ2v) is 8.20. The summed E-state index contributed by atoms with van der Waals surface area (Å²) in [7, 11) is 0. The zero-order chi connectivity index (χ0) is 21.6. The molecule has 5 heteroatoms. The van der Waals surface area contributed by atoms with E-state index in [1.54, 1.807) is 11.0 Å². The van der Waals surface area contributed by atoms with Crippen molar-refractivity contribution in [1.29, 1.82) is 0 Å². The minimum absolute atomic E-state index is 0.00793. The minimum Gasteiger partial charge on any atom is -0.352 e. The molecule has 0 bridgehead atoms. The summed E-state index contributed by atoms with van der Waals surface area (Å²) in [4.78, 5) is 27.8. The fourth-order valence-corrected chi connectivity index (χ4v) is 3.50. The van der Waals surface area contributed by atoms with Gasteiger partial charge in [-0.25, -0.2) is 0 Å². The molecule has 2 rings (SSSR count). The molecule has 0 aliphatic rings. The Labute approximate surface area is 179 Å². The number of hydrogen-bond acceptors (Lipinski definition) is 2. The Morgan fingerprint density at radius 1 is 1.07 bits per heavy atom. The van der Waals surface area contributed by atoms with Crippen LogP contribution in [-0.4, -0.2) is 28.8 Å². The van der Waals surface area contributed by atoms with E-state index in [1.807, 2.05) is 71.0 Å². The minimum atomic E-state index is -0.548. The van der Waals surface area contributed by atoms with E-state index >= 15 is 0 Å². The first kappa shape index (κ1) is 23.0. The van der Waals surface area contributed by atoms with Gasteiger partial charge in [0.25, 0.3) is 0 Å². The third-order valence-electron chi connectivity index (χ3n) is 5.04. The number of hydrogen-bond donors (Lipinski definition) is 1. The van der Waals surface area contributed by atoms with Gasteiger partial charge in [0.2, 0.25) is 11.8 Å². The van der Waals surface area contributed by atoms with Crippen LogP contribution in [0.4, 0.5) is 0 Å². The van der Waals surface area contributed by atoms with Crippen LogP contribution in [0.2, 0.25) is 5.02 Å². The first-order valence-electron chi connectivity index (χ1n) is 10.1. The highest BCUT2D eigenvalue weighted by atomic mass is 35.5. The van der Waals surface area contributed by atoms with Crippen LogP contribution in [-0.2, 0) is 22.6 Å². The van der Waals surface area contributed by atoms with Gasteiger partial charge in [0, 0.05) is 17.6 Å². The van der Waals surface area contributed by atoms with Crippen molar-refractivity contribution < 1.29 is 9.59 Å². The lowest BCUT2D eigenvalue weighted by atomic mass is 10.0. The maximum atomic E-state index is 13.3. The molecule has 0 radical (unpaired) electrons. The van der Waals surface area contributed by atoms with Gasteiger partial charge < -0.3 is 10.2 Å². The molecule has 0 aromatic heterocycles. The van der Waals surface area contributed by atoms with Crippen molar-refractivity contribution in [2.24, 2.45) is 0 Å². The number of halogens is 1. The van der Waals surface area contributed by atoms with E-state index in [4.69, 9.17) is 11.6 Å². The number of carbonyl (C=O) groups is 2. The molecular formula is C24H31ClN2O2. The second kappa shape index (κ2) is 10.4. The summed E-state index contributed by atoms with van der Waals surface area (Å²) in [5, 5.41) is 3.54. The average molecular weight is 415 g/mol. The second-order valence-electron chi connectivity index (χ2n) is 7.80. The number of carbonyl (C=O) groups excluding carboxylic acids is 2. The van der Waals surface area contributed by atoms with Gasteiger partial charge in [-0.05, 0) is 62.4 Å². The van der Waals surface area contributed by atoms with E-state index in [2.05, 4.69) is 5.32 Å². The first-order valence-corrected chi connectivity index (χ1v) is 10.5. The zero-order valence-corrected chi connectivity index (χ0v) is 18.7. The predicted molar refractivity (Wildman–Crippen MR) is 119 cm³/mol. The van der Waals surface area contributed by atoms with Crippen LogP contribution in [0.5, 0.6) is 0 Å². The number of rotatable bonds is 8. The van der Waals surface area contributed by atoms with Crippen molar-refractivity contribution in [2.45, 2.75) is 66.1 Å². The lowest BCUT2D eigenvalue weighted by molar-refractivity contribution is -0.141. The Balaban J connectivity index is 2.33.